The first-order chi connectivity index (χ1) is 12.1. The monoisotopic (exact) mass is 335 g/mol. The molecule has 2 aromatic carbocycles. The van der Waals surface area contributed by atoms with E-state index in [1.54, 1.807) is 30.3 Å². The molecule has 0 atom stereocenters. The largest absolute Gasteiger partial charge is 0.490 e. The van der Waals surface area contributed by atoms with E-state index in [0.29, 0.717) is 28.0 Å². The lowest BCUT2D eigenvalue weighted by Gasteiger charge is -2.10. The molecule has 0 radical (unpaired) electrons. The molecule has 0 spiro atoms. The summed E-state index contributed by atoms with van der Waals surface area (Å²) in [4.78, 5) is 12.9. The topological polar surface area (TPSA) is 81.7 Å². The lowest BCUT2D eigenvalue weighted by atomic mass is 10.0. The van der Waals surface area contributed by atoms with Crippen LogP contribution >= 0.6 is 0 Å². The summed E-state index contributed by atoms with van der Waals surface area (Å²) in [5.41, 5.74) is 1.62. The maximum atomic E-state index is 12.9. The number of methoxy groups -OCH3 is 1. The molecule has 6 heteroatoms. The van der Waals surface area contributed by atoms with Crippen LogP contribution in [0.3, 0.4) is 0 Å². The minimum Gasteiger partial charge on any atom is -0.490 e. The van der Waals surface area contributed by atoms with Crippen LogP contribution in [0.5, 0.6) is 17.2 Å². The van der Waals surface area contributed by atoms with E-state index in [0.717, 1.165) is 5.56 Å². The molecule has 0 N–H and O–H groups in total. The van der Waals surface area contributed by atoms with Gasteiger partial charge in [0.25, 0.3) is 0 Å². The van der Waals surface area contributed by atoms with E-state index in [1.807, 2.05) is 6.92 Å². The highest BCUT2D eigenvalue weighted by Crippen LogP contribution is 2.39. The van der Waals surface area contributed by atoms with Crippen LogP contribution in [0.15, 0.2) is 39.5 Å². The molecule has 0 fully saturated rings. The molecule has 1 aliphatic rings. The van der Waals surface area contributed by atoms with Gasteiger partial charge in [0, 0.05) is 5.56 Å². The highest BCUT2D eigenvalue weighted by molar-refractivity contribution is 5.87. The molecular weight excluding hydrogens is 322 g/mol. The summed E-state index contributed by atoms with van der Waals surface area (Å²) < 4.78 is 21.9. The van der Waals surface area contributed by atoms with Gasteiger partial charge in [0.2, 0.25) is 18.0 Å². The molecule has 0 saturated heterocycles. The maximum absolute atomic E-state index is 12.9. The lowest BCUT2D eigenvalue weighted by Crippen LogP contribution is -2.08. The second-order valence-corrected chi connectivity index (χ2v) is 5.66. The van der Waals surface area contributed by atoms with Crippen molar-refractivity contribution < 1.29 is 18.6 Å². The Balaban J connectivity index is 2.06. The number of nitrogens with zero attached hydrogens (tertiary/aromatic N) is 1. The molecule has 25 heavy (non-hydrogen) atoms. The van der Waals surface area contributed by atoms with Gasteiger partial charge in [0.15, 0.2) is 22.8 Å². The molecule has 1 aromatic heterocycles. The van der Waals surface area contributed by atoms with E-state index in [2.05, 4.69) is 6.07 Å². The molecule has 1 aliphatic heterocycles. The van der Waals surface area contributed by atoms with Crippen molar-refractivity contribution in [2.24, 2.45) is 0 Å². The van der Waals surface area contributed by atoms with Crippen LogP contribution < -0.4 is 19.6 Å². The third-order valence-electron chi connectivity index (χ3n) is 4.05. The van der Waals surface area contributed by atoms with Gasteiger partial charge in [-0.3, -0.25) is 4.79 Å². The number of hydrogen-bond acceptors (Lipinski definition) is 6. The number of benzene rings is 2. The van der Waals surface area contributed by atoms with Crippen molar-refractivity contribution in [2.75, 3.05) is 13.9 Å². The summed E-state index contributed by atoms with van der Waals surface area (Å²) in [6.07, 6.45) is 0. The summed E-state index contributed by atoms with van der Waals surface area (Å²) in [5, 5.41) is 9.70. The Hall–Kier alpha value is -3.46. The Morgan fingerprint density at radius 2 is 1.96 bits per heavy atom. The summed E-state index contributed by atoms with van der Waals surface area (Å²) >= 11 is 0. The van der Waals surface area contributed by atoms with Gasteiger partial charge in [-0.1, -0.05) is 0 Å². The third kappa shape index (κ3) is 2.29. The van der Waals surface area contributed by atoms with Crippen LogP contribution in [0.1, 0.15) is 11.1 Å². The third-order valence-corrected chi connectivity index (χ3v) is 4.05. The molecule has 0 amide bonds. The maximum Gasteiger partial charge on any atom is 0.235 e. The van der Waals surface area contributed by atoms with Crippen LogP contribution in [0, 0.1) is 18.3 Å². The van der Waals surface area contributed by atoms with Crippen molar-refractivity contribution in [3.63, 3.8) is 0 Å². The molecule has 124 valence electrons. The highest BCUT2D eigenvalue weighted by atomic mass is 16.7. The van der Waals surface area contributed by atoms with Crippen molar-refractivity contribution in [1.82, 2.24) is 0 Å². The minimum absolute atomic E-state index is 0.0841. The van der Waals surface area contributed by atoms with Gasteiger partial charge in [-0.15, -0.1) is 0 Å². The number of fused-ring (bicyclic) bond motifs is 2. The Morgan fingerprint density at radius 3 is 2.72 bits per heavy atom. The fraction of sp³-hybridized carbons (Fsp3) is 0.158. The average molecular weight is 335 g/mol. The first-order valence-corrected chi connectivity index (χ1v) is 7.58. The number of hydrogen-bond donors (Lipinski definition) is 0. The fourth-order valence-corrected chi connectivity index (χ4v) is 2.92. The van der Waals surface area contributed by atoms with Gasteiger partial charge >= 0.3 is 0 Å². The van der Waals surface area contributed by atoms with Crippen molar-refractivity contribution in [3.05, 3.63) is 51.7 Å². The molecule has 2 heterocycles. The number of rotatable bonds is 2. The van der Waals surface area contributed by atoms with Crippen LogP contribution in [0.2, 0.25) is 0 Å². The van der Waals surface area contributed by atoms with Crippen LogP contribution in [0.25, 0.3) is 22.3 Å². The predicted octanol–water partition coefficient (Wildman–Crippen LogP) is 3.38. The first-order valence-electron chi connectivity index (χ1n) is 7.58. The lowest BCUT2D eigenvalue weighted by molar-refractivity contribution is 0.174. The van der Waals surface area contributed by atoms with Crippen molar-refractivity contribution >= 4 is 11.0 Å². The predicted molar refractivity (Wildman–Crippen MR) is 90.0 cm³/mol. The van der Waals surface area contributed by atoms with E-state index in [-0.39, 0.29) is 29.3 Å². The highest BCUT2D eigenvalue weighted by Gasteiger charge is 2.21. The van der Waals surface area contributed by atoms with Crippen molar-refractivity contribution in [3.8, 4) is 34.6 Å². The number of nitriles is 1. The van der Waals surface area contributed by atoms with Gasteiger partial charge in [-0.25, -0.2) is 0 Å². The molecule has 0 aliphatic carbocycles. The molecule has 0 unspecified atom stereocenters. The SMILES string of the molecule is COc1c(-c2ccc3c(c2)OCO3)oc2c(C#N)cc(C)cc2c1=O. The molecule has 4 rings (SSSR count). The molecule has 0 saturated carbocycles. The second-order valence-electron chi connectivity index (χ2n) is 5.66. The minimum atomic E-state index is -0.323. The Morgan fingerprint density at radius 1 is 1.16 bits per heavy atom. The summed E-state index contributed by atoms with van der Waals surface area (Å²) in [7, 11) is 1.41. The quantitative estimate of drug-likeness (QED) is 0.714. The van der Waals surface area contributed by atoms with Gasteiger partial charge in [-0.05, 0) is 42.8 Å². The molecule has 0 bridgehead atoms. The van der Waals surface area contributed by atoms with E-state index >= 15 is 0 Å². The van der Waals surface area contributed by atoms with Gasteiger partial charge in [0.1, 0.15) is 6.07 Å². The Labute approximate surface area is 142 Å². The van der Waals surface area contributed by atoms with E-state index in [1.165, 1.54) is 7.11 Å². The zero-order valence-corrected chi connectivity index (χ0v) is 13.6. The summed E-state index contributed by atoms with van der Waals surface area (Å²) in [6.45, 7) is 1.97. The van der Waals surface area contributed by atoms with Gasteiger partial charge in [-0.2, -0.15) is 5.26 Å². The number of ether oxygens (including phenoxy) is 3. The summed E-state index contributed by atoms with van der Waals surface area (Å²) in [5.74, 6) is 1.52. The number of aryl methyl sites for hydroxylation is 1. The smallest absolute Gasteiger partial charge is 0.235 e. The fourth-order valence-electron chi connectivity index (χ4n) is 2.92. The van der Waals surface area contributed by atoms with E-state index in [4.69, 9.17) is 18.6 Å². The van der Waals surface area contributed by atoms with Crippen molar-refractivity contribution in [1.29, 1.82) is 5.26 Å². The van der Waals surface area contributed by atoms with Crippen LogP contribution in [-0.2, 0) is 0 Å². The normalized spacial score (nSPS) is 12.2. The Kier molecular flexibility index (Phi) is 3.36. The second kappa shape index (κ2) is 5.56. The zero-order valence-electron chi connectivity index (χ0n) is 13.6. The van der Waals surface area contributed by atoms with Crippen LogP contribution in [-0.4, -0.2) is 13.9 Å². The zero-order chi connectivity index (χ0) is 17.6. The van der Waals surface area contributed by atoms with E-state index in [9.17, 15) is 10.1 Å². The van der Waals surface area contributed by atoms with Crippen molar-refractivity contribution in [2.45, 2.75) is 6.92 Å². The Bertz CT molecular complexity index is 1110. The van der Waals surface area contributed by atoms with E-state index < -0.39 is 0 Å². The standard InChI is InChI=1S/C19H13NO5/c1-10-5-12(8-20)17-13(6-10)16(21)19(22-2)18(25-17)11-3-4-14-15(7-11)24-9-23-14/h3-7H,9H2,1-2H3. The van der Waals surface area contributed by atoms with Gasteiger partial charge in [0.05, 0.1) is 18.1 Å². The molecule has 3 aromatic rings. The van der Waals surface area contributed by atoms with Crippen LogP contribution in [0.4, 0.5) is 0 Å². The summed E-state index contributed by atoms with van der Waals surface area (Å²) in [6, 6.07) is 10.7. The van der Waals surface area contributed by atoms with Gasteiger partial charge < -0.3 is 18.6 Å². The molecular formula is C19H13NO5. The molecule has 6 nitrogen and oxygen atoms in total. The first kappa shape index (κ1) is 15.1. The average Bonchev–Trinajstić information content (AvgIpc) is 3.09.